The first-order chi connectivity index (χ1) is 9.91. The fourth-order valence-electron chi connectivity index (χ4n) is 1.57. The minimum absolute atomic E-state index is 0.0320. The predicted molar refractivity (Wildman–Crippen MR) is 66.1 cm³/mol. The Balaban J connectivity index is 2.30. The highest BCUT2D eigenvalue weighted by Crippen LogP contribution is 2.33. The van der Waals surface area contributed by atoms with Crippen LogP contribution in [0.5, 0.6) is 0 Å². The van der Waals surface area contributed by atoms with E-state index in [1.54, 1.807) is 0 Å². The van der Waals surface area contributed by atoms with Crippen molar-refractivity contribution in [1.29, 1.82) is 5.26 Å². The Kier molecular flexibility index (Phi) is 3.84. The minimum atomic E-state index is -4.68. The van der Waals surface area contributed by atoms with Crippen molar-refractivity contribution in [2.45, 2.75) is 6.18 Å². The third kappa shape index (κ3) is 3.33. The second-order valence-electron chi connectivity index (χ2n) is 3.91. The first-order valence-electron chi connectivity index (χ1n) is 5.60. The first-order valence-corrected chi connectivity index (χ1v) is 5.60. The van der Waals surface area contributed by atoms with Crippen LogP contribution in [-0.2, 0) is 6.18 Å². The van der Waals surface area contributed by atoms with Crippen LogP contribution in [0.2, 0.25) is 0 Å². The molecule has 1 heterocycles. The largest absolute Gasteiger partial charge is 0.417 e. The van der Waals surface area contributed by atoms with Crippen LogP contribution >= 0.6 is 0 Å². The molecule has 1 aromatic carbocycles. The minimum Gasteiger partial charge on any atom is -0.321 e. The molecule has 8 heteroatoms. The average Bonchev–Trinajstić information content (AvgIpc) is 2.47. The fourth-order valence-corrected chi connectivity index (χ4v) is 1.57. The van der Waals surface area contributed by atoms with Crippen LogP contribution in [0, 0.1) is 11.3 Å². The molecule has 21 heavy (non-hydrogen) atoms. The highest BCUT2D eigenvalue weighted by molar-refractivity contribution is 6.02. The van der Waals surface area contributed by atoms with Gasteiger partial charge in [0.15, 0.2) is 0 Å². The summed E-state index contributed by atoms with van der Waals surface area (Å²) in [5.74, 6) is -0.694. The quantitative estimate of drug-likeness (QED) is 0.922. The Labute approximate surface area is 117 Å². The Hall–Kier alpha value is -2.95. The van der Waals surface area contributed by atoms with E-state index < -0.39 is 23.2 Å². The molecule has 5 nitrogen and oxygen atoms in total. The highest BCUT2D eigenvalue weighted by Gasteiger charge is 2.34. The lowest BCUT2D eigenvalue weighted by molar-refractivity contribution is -0.137. The summed E-state index contributed by atoms with van der Waals surface area (Å²) >= 11 is 0. The maximum absolute atomic E-state index is 12.8. The van der Waals surface area contributed by atoms with Gasteiger partial charge >= 0.3 is 6.18 Å². The summed E-state index contributed by atoms with van der Waals surface area (Å²) in [6.07, 6.45) is -0.850. The SMILES string of the molecule is N#Cc1ccc(NC(=O)c2cnccn2)cc1C(F)(F)F. The summed E-state index contributed by atoms with van der Waals surface area (Å²) in [5, 5.41) is 10.9. The maximum Gasteiger partial charge on any atom is 0.417 e. The molecule has 1 amide bonds. The third-order valence-corrected chi connectivity index (χ3v) is 2.50. The van der Waals surface area contributed by atoms with Crippen LogP contribution in [0.3, 0.4) is 0 Å². The molecule has 2 rings (SSSR count). The van der Waals surface area contributed by atoms with Crippen LogP contribution < -0.4 is 5.32 Å². The fraction of sp³-hybridized carbons (Fsp3) is 0.0769. The van der Waals surface area contributed by atoms with Gasteiger partial charge in [0.2, 0.25) is 0 Å². The second kappa shape index (κ2) is 5.58. The molecule has 0 aliphatic carbocycles. The number of nitriles is 1. The number of amides is 1. The first kappa shape index (κ1) is 14.5. The molecule has 0 saturated carbocycles. The normalized spacial score (nSPS) is 10.8. The number of halogens is 3. The summed E-state index contributed by atoms with van der Waals surface area (Å²) in [6.45, 7) is 0. The van der Waals surface area contributed by atoms with Gasteiger partial charge < -0.3 is 5.32 Å². The molecule has 1 N–H and O–H groups in total. The zero-order valence-corrected chi connectivity index (χ0v) is 10.3. The van der Waals surface area contributed by atoms with Gasteiger partial charge in [0, 0.05) is 18.1 Å². The number of hydrogen-bond acceptors (Lipinski definition) is 4. The van der Waals surface area contributed by atoms with Gasteiger partial charge in [-0.15, -0.1) is 0 Å². The molecule has 0 spiro atoms. The molecule has 0 fully saturated rings. The van der Waals surface area contributed by atoms with Crippen molar-refractivity contribution in [3.05, 3.63) is 53.6 Å². The van der Waals surface area contributed by atoms with Crippen LogP contribution in [-0.4, -0.2) is 15.9 Å². The van der Waals surface area contributed by atoms with Gasteiger partial charge in [-0.2, -0.15) is 18.4 Å². The van der Waals surface area contributed by atoms with Gasteiger partial charge in [0.25, 0.3) is 5.91 Å². The number of nitrogens with zero attached hydrogens (tertiary/aromatic N) is 3. The molecule has 0 aliphatic rings. The Morgan fingerprint density at radius 3 is 2.62 bits per heavy atom. The lowest BCUT2D eigenvalue weighted by Crippen LogP contribution is -2.15. The van der Waals surface area contributed by atoms with Gasteiger partial charge in [-0.05, 0) is 18.2 Å². The van der Waals surface area contributed by atoms with E-state index in [0.717, 1.165) is 6.07 Å². The standard InChI is InChI=1S/C13H7F3N4O/c14-13(15,16)10-5-9(2-1-8(10)6-17)20-12(21)11-7-18-3-4-19-11/h1-5,7H,(H,20,21). The molecule has 1 aromatic heterocycles. The topological polar surface area (TPSA) is 78.7 Å². The number of nitrogens with one attached hydrogen (secondary N) is 1. The zero-order valence-electron chi connectivity index (χ0n) is 10.3. The van der Waals surface area contributed by atoms with E-state index in [0.29, 0.717) is 6.07 Å². The maximum atomic E-state index is 12.8. The highest BCUT2D eigenvalue weighted by atomic mass is 19.4. The second-order valence-corrected chi connectivity index (χ2v) is 3.91. The number of aromatic nitrogens is 2. The van der Waals surface area contributed by atoms with E-state index >= 15 is 0 Å². The van der Waals surface area contributed by atoms with Crippen LogP contribution in [0.1, 0.15) is 21.6 Å². The molecule has 0 bridgehead atoms. The zero-order chi connectivity index (χ0) is 15.5. The van der Waals surface area contributed by atoms with E-state index in [4.69, 9.17) is 5.26 Å². The summed E-state index contributed by atoms with van der Waals surface area (Å²) in [4.78, 5) is 19.2. The van der Waals surface area contributed by atoms with E-state index in [1.165, 1.54) is 30.7 Å². The van der Waals surface area contributed by atoms with Crippen molar-refractivity contribution in [3.8, 4) is 6.07 Å². The monoisotopic (exact) mass is 292 g/mol. The number of rotatable bonds is 2. The van der Waals surface area contributed by atoms with E-state index in [1.807, 2.05) is 0 Å². The van der Waals surface area contributed by atoms with E-state index in [2.05, 4.69) is 15.3 Å². The van der Waals surface area contributed by atoms with Crippen molar-refractivity contribution >= 4 is 11.6 Å². The van der Waals surface area contributed by atoms with Crippen LogP contribution in [0.15, 0.2) is 36.8 Å². The lowest BCUT2D eigenvalue weighted by atomic mass is 10.1. The molecule has 2 aromatic rings. The molecule has 0 aliphatic heterocycles. The van der Waals surface area contributed by atoms with Gasteiger partial charge in [0.1, 0.15) is 5.69 Å². The van der Waals surface area contributed by atoms with Crippen molar-refractivity contribution < 1.29 is 18.0 Å². The summed E-state index contributed by atoms with van der Waals surface area (Å²) in [7, 11) is 0. The summed E-state index contributed by atoms with van der Waals surface area (Å²) in [6, 6.07) is 4.37. The number of anilines is 1. The smallest absolute Gasteiger partial charge is 0.321 e. The Morgan fingerprint density at radius 1 is 1.29 bits per heavy atom. The molecular weight excluding hydrogens is 285 g/mol. The molecular formula is C13H7F3N4O. The average molecular weight is 292 g/mol. The van der Waals surface area contributed by atoms with Gasteiger partial charge in [-0.1, -0.05) is 0 Å². The Morgan fingerprint density at radius 2 is 2.05 bits per heavy atom. The van der Waals surface area contributed by atoms with Gasteiger partial charge in [0.05, 0.1) is 23.4 Å². The summed E-state index contributed by atoms with van der Waals surface area (Å²) < 4.78 is 38.4. The molecule has 0 radical (unpaired) electrons. The van der Waals surface area contributed by atoms with Crippen molar-refractivity contribution in [2.24, 2.45) is 0 Å². The van der Waals surface area contributed by atoms with Crippen molar-refractivity contribution in [3.63, 3.8) is 0 Å². The van der Waals surface area contributed by atoms with Crippen molar-refractivity contribution in [1.82, 2.24) is 9.97 Å². The van der Waals surface area contributed by atoms with Gasteiger partial charge in [-0.3, -0.25) is 9.78 Å². The van der Waals surface area contributed by atoms with Gasteiger partial charge in [-0.25, -0.2) is 4.98 Å². The number of hydrogen-bond donors (Lipinski definition) is 1. The number of carbonyl (C=O) groups excluding carboxylic acids is 1. The predicted octanol–water partition coefficient (Wildman–Crippen LogP) is 2.62. The van der Waals surface area contributed by atoms with E-state index in [-0.39, 0.29) is 11.4 Å². The molecule has 0 unspecified atom stereocenters. The van der Waals surface area contributed by atoms with Crippen molar-refractivity contribution in [2.75, 3.05) is 5.32 Å². The molecule has 0 saturated heterocycles. The Bertz CT molecular complexity index is 708. The van der Waals surface area contributed by atoms with E-state index in [9.17, 15) is 18.0 Å². The summed E-state index contributed by atoms with van der Waals surface area (Å²) in [5.41, 5.74) is -1.74. The van der Waals surface area contributed by atoms with Crippen LogP contribution in [0.25, 0.3) is 0 Å². The molecule has 106 valence electrons. The molecule has 0 atom stereocenters. The lowest BCUT2D eigenvalue weighted by Gasteiger charge is -2.11. The number of alkyl halides is 3. The number of benzene rings is 1. The third-order valence-electron chi connectivity index (χ3n) is 2.50. The van der Waals surface area contributed by atoms with Crippen LogP contribution in [0.4, 0.5) is 18.9 Å². The number of carbonyl (C=O) groups is 1.